The van der Waals surface area contributed by atoms with E-state index in [2.05, 4.69) is 20.9 Å². The van der Waals surface area contributed by atoms with Crippen LogP contribution >= 0.6 is 27.7 Å². The molecule has 7 nitrogen and oxygen atoms in total. The molecule has 0 aliphatic carbocycles. The van der Waals surface area contributed by atoms with Crippen molar-refractivity contribution in [1.29, 1.82) is 0 Å². The molecule has 0 fully saturated rings. The third-order valence-corrected chi connectivity index (χ3v) is 4.23. The normalized spacial score (nSPS) is 15.4. The number of amidine groups is 1. The van der Waals surface area contributed by atoms with E-state index in [4.69, 9.17) is 19.9 Å². The third-order valence-electron chi connectivity index (χ3n) is 2.83. The van der Waals surface area contributed by atoms with E-state index in [-0.39, 0.29) is 24.3 Å². The van der Waals surface area contributed by atoms with Crippen molar-refractivity contribution in [2.45, 2.75) is 6.92 Å². The number of esters is 1. The van der Waals surface area contributed by atoms with Crippen LogP contribution in [0, 0.1) is 0 Å². The Balaban J connectivity index is 2.23. The van der Waals surface area contributed by atoms with Gasteiger partial charge in [0.05, 0.1) is 23.1 Å². The predicted octanol–water partition coefficient (Wildman–Crippen LogP) is 2.33. The zero-order valence-electron chi connectivity index (χ0n) is 13.0. The Morgan fingerprint density at radius 3 is 2.79 bits per heavy atom. The zero-order chi connectivity index (χ0) is 17.7. The number of rotatable bonds is 6. The Bertz CT molecular complexity index is 733. The Kier molecular flexibility index (Phi) is 6.27. The number of thioether (sulfide) groups is 1. The summed E-state index contributed by atoms with van der Waals surface area (Å²) < 4.78 is 16.1. The third kappa shape index (κ3) is 4.51. The maximum atomic E-state index is 11.7. The maximum Gasteiger partial charge on any atom is 0.344 e. The number of hydrogen-bond acceptors (Lipinski definition) is 7. The van der Waals surface area contributed by atoms with Crippen LogP contribution < -0.4 is 15.2 Å². The molecule has 0 spiro atoms. The lowest BCUT2D eigenvalue weighted by Gasteiger charge is -2.13. The molecule has 128 valence electrons. The number of benzene rings is 1. The highest BCUT2D eigenvalue weighted by molar-refractivity contribution is 9.10. The van der Waals surface area contributed by atoms with Crippen LogP contribution in [0.4, 0.5) is 0 Å². The first-order chi connectivity index (χ1) is 11.4. The van der Waals surface area contributed by atoms with E-state index >= 15 is 0 Å². The molecule has 2 N–H and O–H groups in total. The van der Waals surface area contributed by atoms with Gasteiger partial charge in [0.2, 0.25) is 0 Å². The number of carbonyl (C=O) groups excluding carboxylic acids is 2. The van der Waals surface area contributed by atoms with E-state index in [0.717, 1.165) is 11.8 Å². The maximum absolute atomic E-state index is 11.7. The minimum absolute atomic E-state index is 0.215. The number of methoxy groups -OCH3 is 1. The van der Waals surface area contributed by atoms with Gasteiger partial charge in [-0.2, -0.15) is 4.99 Å². The molecule has 1 amide bonds. The van der Waals surface area contributed by atoms with Gasteiger partial charge >= 0.3 is 5.97 Å². The molecule has 0 aromatic heterocycles. The average molecular weight is 415 g/mol. The monoisotopic (exact) mass is 414 g/mol. The summed E-state index contributed by atoms with van der Waals surface area (Å²) in [6.45, 7) is 1.77. The molecule has 0 bridgehead atoms. The topological polar surface area (TPSA) is 100 Å². The fourth-order valence-corrected chi connectivity index (χ4v) is 3.13. The van der Waals surface area contributed by atoms with Crippen molar-refractivity contribution in [3.8, 4) is 11.5 Å². The summed E-state index contributed by atoms with van der Waals surface area (Å²) in [5.74, 6) is -0.0767. The van der Waals surface area contributed by atoms with Crippen molar-refractivity contribution in [2.75, 3.05) is 20.3 Å². The zero-order valence-corrected chi connectivity index (χ0v) is 15.4. The molecule has 0 atom stereocenters. The molecule has 0 radical (unpaired) electrons. The van der Waals surface area contributed by atoms with Gasteiger partial charge in [0, 0.05) is 0 Å². The molecule has 1 heterocycles. The molecule has 0 unspecified atom stereocenters. The molecule has 0 saturated heterocycles. The second-order valence-electron chi connectivity index (χ2n) is 4.49. The molecule has 1 aromatic rings. The number of ether oxygens (including phenoxy) is 3. The number of nitrogens with two attached hydrogens (primary N) is 1. The molecule has 0 saturated carbocycles. The van der Waals surface area contributed by atoms with Gasteiger partial charge in [-0.1, -0.05) is 0 Å². The van der Waals surface area contributed by atoms with Crippen LogP contribution in [0.15, 0.2) is 26.5 Å². The Morgan fingerprint density at radius 2 is 2.21 bits per heavy atom. The SMILES string of the molecule is CCOC(=O)COc1c(Br)cc(C=C2SC(N)=NC2=O)cc1OC. The first-order valence-electron chi connectivity index (χ1n) is 6.88. The highest BCUT2D eigenvalue weighted by atomic mass is 79.9. The van der Waals surface area contributed by atoms with Crippen molar-refractivity contribution in [3.63, 3.8) is 0 Å². The van der Waals surface area contributed by atoms with Gasteiger partial charge in [-0.05, 0) is 58.4 Å². The summed E-state index contributed by atoms with van der Waals surface area (Å²) >= 11 is 4.48. The Morgan fingerprint density at radius 1 is 1.46 bits per heavy atom. The van der Waals surface area contributed by atoms with Crippen LogP contribution in [0.5, 0.6) is 11.5 Å². The highest BCUT2D eigenvalue weighted by Crippen LogP contribution is 2.38. The van der Waals surface area contributed by atoms with E-state index in [0.29, 0.717) is 26.4 Å². The number of amides is 1. The molecular formula is C15H15BrN2O5S. The lowest BCUT2D eigenvalue weighted by atomic mass is 10.2. The highest BCUT2D eigenvalue weighted by Gasteiger charge is 2.20. The number of halogens is 1. The van der Waals surface area contributed by atoms with E-state index in [1.165, 1.54) is 7.11 Å². The first-order valence-corrected chi connectivity index (χ1v) is 8.49. The summed E-state index contributed by atoms with van der Waals surface area (Å²) in [5.41, 5.74) is 6.22. The molecule has 9 heteroatoms. The van der Waals surface area contributed by atoms with Crippen LogP contribution in [0.3, 0.4) is 0 Å². The van der Waals surface area contributed by atoms with Gasteiger partial charge in [-0.15, -0.1) is 0 Å². The number of hydrogen-bond donors (Lipinski definition) is 1. The smallest absolute Gasteiger partial charge is 0.344 e. The van der Waals surface area contributed by atoms with Gasteiger partial charge in [0.25, 0.3) is 5.91 Å². The van der Waals surface area contributed by atoms with Gasteiger partial charge in [-0.3, -0.25) is 4.79 Å². The quantitative estimate of drug-likeness (QED) is 0.562. The van der Waals surface area contributed by atoms with E-state index in [9.17, 15) is 9.59 Å². The second-order valence-corrected chi connectivity index (χ2v) is 6.41. The number of nitrogens with zero attached hydrogens (tertiary/aromatic N) is 1. The lowest BCUT2D eigenvalue weighted by molar-refractivity contribution is -0.145. The fraction of sp³-hybridized carbons (Fsp3) is 0.267. The van der Waals surface area contributed by atoms with Gasteiger partial charge in [-0.25, -0.2) is 4.79 Å². The van der Waals surface area contributed by atoms with Crippen LogP contribution in [-0.2, 0) is 14.3 Å². The first kappa shape index (κ1) is 18.3. The minimum atomic E-state index is -0.474. The largest absolute Gasteiger partial charge is 0.493 e. The van der Waals surface area contributed by atoms with Crippen molar-refractivity contribution in [1.82, 2.24) is 0 Å². The van der Waals surface area contributed by atoms with Crippen LogP contribution in [0.1, 0.15) is 12.5 Å². The van der Waals surface area contributed by atoms with Crippen molar-refractivity contribution < 1.29 is 23.8 Å². The molecule has 1 aliphatic rings. The molecule has 1 aromatic carbocycles. The van der Waals surface area contributed by atoms with Crippen molar-refractivity contribution in [3.05, 3.63) is 27.1 Å². The predicted molar refractivity (Wildman–Crippen MR) is 95.0 cm³/mol. The summed E-state index contributed by atoms with van der Waals surface area (Å²) in [5, 5.41) is 0.215. The lowest BCUT2D eigenvalue weighted by Crippen LogP contribution is -2.15. The standard InChI is InChI=1S/C15H15BrN2O5S/c1-3-22-12(19)7-23-13-9(16)4-8(5-10(13)21-2)6-11-14(20)18-15(17)24-11/h4-6H,3,7H2,1-2H3,(H2,17,18,20). The van der Waals surface area contributed by atoms with Crippen molar-refractivity contribution >= 4 is 50.8 Å². The van der Waals surface area contributed by atoms with Crippen LogP contribution in [-0.4, -0.2) is 37.4 Å². The van der Waals surface area contributed by atoms with E-state index < -0.39 is 5.97 Å². The molecular weight excluding hydrogens is 400 g/mol. The Hall–Kier alpha value is -2.00. The summed E-state index contributed by atoms with van der Waals surface area (Å²) in [6.07, 6.45) is 1.65. The van der Waals surface area contributed by atoms with Crippen LogP contribution in [0.2, 0.25) is 0 Å². The van der Waals surface area contributed by atoms with E-state index in [1.807, 2.05) is 0 Å². The van der Waals surface area contributed by atoms with Crippen LogP contribution in [0.25, 0.3) is 6.08 Å². The van der Waals surface area contributed by atoms with Gasteiger partial charge < -0.3 is 19.9 Å². The fourth-order valence-electron chi connectivity index (χ4n) is 1.87. The molecule has 1 aliphatic heterocycles. The van der Waals surface area contributed by atoms with Gasteiger partial charge in [0.15, 0.2) is 23.3 Å². The number of carbonyl (C=O) groups is 2. The average Bonchev–Trinajstić information content (AvgIpc) is 2.83. The van der Waals surface area contributed by atoms with Crippen molar-refractivity contribution in [2.24, 2.45) is 10.7 Å². The summed E-state index contributed by atoms with van der Waals surface area (Å²) in [4.78, 5) is 27.1. The molecule has 24 heavy (non-hydrogen) atoms. The summed E-state index contributed by atoms with van der Waals surface area (Å²) in [6, 6.07) is 3.42. The summed E-state index contributed by atoms with van der Waals surface area (Å²) in [7, 11) is 1.48. The minimum Gasteiger partial charge on any atom is -0.493 e. The number of aliphatic imine (C=N–C) groups is 1. The van der Waals surface area contributed by atoms with E-state index in [1.54, 1.807) is 25.1 Å². The van der Waals surface area contributed by atoms with Gasteiger partial charge in [0.1, 0.15) is 0 Å². The molecule has 2 rings (SSSR count). The second kappa shape index (κ2) is 8.20. The Labute approximate surface area is 151 Å².